The highest BCUT2D eigenvalue weighted by atomic mass is 16.5. The number of carbonyl (C=O) groups excluding carboxylic acids is 1. The van der Waals surface area contributed by atoms with Crippen molar-refractivity contribution in [3.05, 3.63) is 11.8 Å². The van der Waals surface area contributed by atoms with Crippen molar-refractivity contribution in [2.45, 2.75) is 38.8 Å². The molecule has 0 bridgehead atoms. The van der Waals surface area contributed by atoms with E-state index in [1.54, 1.807) is 18.0 Å². The Hall–Kier alpha value is -1.56. The number of carbonyl (C=O) groups is 1. The maximum atomic E-state index is 12.0. The number of anilines is 1. The lowest BCUT2D eigenvalue weighted by molar-refractivity contribution is 0.111. The standard InChI is InChI=1S/C12H19N3O3/c1-12(2,3)8-7-10(18-13-8)15-9(16)5-6-14(4)11(15)17/h7,9,16H,5-6H2,1-4H3. The smallest absolute Gasteiger partial charge is 0.328 e. The molecule has 0 saturated carbocycles. The van der Waals surface area contributed by atoms with Gasteiger partial charge in [-0.05, 0) is 0 Å². The Morgan fingerprint density at radius 3 is 2.72 bits per heavy atom. The summed E-state index contributed by atoms with van der Waals surface area (Å²) in [4.78, 5) is 14.8. The first kappa shape index (κ1) is 12.9. The van der Waals surface area contributed by atoms with E-state index in [1.165, 1.54) is 4.90 Å². The average Bonchev–Trinajstić information content (AvgIpc) is 2.73. The molecule has 6 nitrogen and oxygen atoms in total. The lowest BCUT2D eigenvalue weighted by atomic mass is 9.92. The zero-order chi connectivity index (χ0) is 13.5. The van der Waals surface area contributed by atoms with Crippen LogP contribution in [0.5, 0.6) is 0 Å². The number of amides is 2. The fourth-order valence-electron chi connectivity index (χ4n) is 1.82. The minimum atomic E-state index is -0.852. The van der Waals surface area contributed by atoms with E-state index in [-0.39, 0.29) is 11.4 Å². The molecule has 1 atom stereocenters. The van der Waals surface area contributed by atoms with Crippen LogP contribution < -0.4 is 4.90 Å². The normalized spacial score (nSPS) is 21.6. The van der Waals surface area contributed by atoms with Crippen molar-refractivity contribution in [1.29, 1.82) is 0 Å². The van der Waals surface area contributed by atoms with Crippen LogP contribution in [-0.4, -0.2) is 41.0 Å². The summed E-state index contributed by atoms with van der Waals surface area (Å²) in [5, 5.41) is 13.9. The van der Waals surface area contributed by atoms with Gasteiger partial charge in [0, 0.05) is 31.5 Å². The van der Waals surface area contributed by atoms with Crippen molar-refractivity contribution in [2.24, 2.45) is 0 Å². The first-order chi connectivity index (χ1) is 8.30. The van der Waals surface area contributed by atoms with Crippen LogP contribution in [0.3, 0.4) is 0 Å². The van der Waals surface area contributed by atoms with E-state index in [1.807, 2.05) is 20.8 Å². The summed E-state index contributed by atoms with van der Waals surface area (Å²) in [6, 6.07) is 1.44. The molecule has 2 heterocycles. The molecule has 1 fully saturated rings. The molecule has 1 aromatic heterocycles. The van der Waals surface area contributed by atoms with Crippen molar-refractivity contribution < 1.29 is 14.4 Å². The molecular formula is C12H19N3O3. The van der Waals surface area contributed by atoms with E-state index in [2.05, 4.69) is 5.16 Å². The largest absolute Gasteiger partial charge is 0.373 e. The van der Waals surface area contributed by atoms with Crippen molar-refractivity contribution in [3.63, 3.8) is 0 Å². The van der Waals surface area contributed by atoms with Crippen molar-refractivity contribution in [3.8, 4) is 0 Å². The number of hydrogen-bond acceptors (Lipinski definition) is 4. The maximum absolute atomic E-state index is 12.0. The summed E-state index contributed by atoms with van der Waals surface area (Å²) in [5.74, 6) is 0.295. The summed E-state index contributed by atoms with van der Waals surface area (Å²) < 4.78 is 5.19. The molecule has 0 radical (unpaired) electrons. The predicted octanol–water partition coefficient (Wildman–Crippen LogP) is 1.55. The lowest BCUT2D eigenvalue weighted by Gasteiger charge is -2.35. The van der Waals surface area contributed by atoms with E-state index in [4.69, 9.17) is 4.52 Å². The molecular weight excluding hydrogens is 234 g/mol. The van der Waals surface area contributed by atoms with Crippen LogP contribution in [-0.2, 0) is 5.41 Å². The molecule has 2 rings (SSSR count). The highest BCUT2D eigenvalue weighted by molar-refractivity contribution is 5.91. The van der Waals surface area contributed by atoms with Gasteiger partial charge in [0.15, 0.2) is 0 Å². The Labute approximate surface area is 106 Å². The van der Waals surface area contributed by atoms with Gasteiger partial charge in [-0.2, -0.15) is 0 Å². The first-order valence-electron chi connectivity index (χ1n) is 6.00. The zero-order valence-electron chi connectivity index (χ0n) is 11.2. The quantitative estimate of drug-likeness (QED) is 0.824. The van der Waals surface area contributed by atoms with Crippen LogP contribution in [0.25, 0.3) is 0 Å². The van der Waals surface area contributed by atoms with Gasteiger partial charge >= 0.3 is 6.03 Å². The SMILES string of the molecule is CN1CCC(O)N(c2cc(C(C)(C)C)no2)C1=O. The second kappa shape index (κ2) is 4.28. The molecule has 0 spiro atoms. The van der Waals surface area contributed by atoms with E-state index in [9.17, 15) is 9.90 Å². The van der Waals surface area contributed by atoms with Gasteiger partial charge in [-0.1, -0.05) is 25.9 Å². The third-order valence-electron chi connectivity index (χ3n) is 3.06. The van der Waals surface area contributed by atoms with Crippen molar-refractivity contribution in [1.82, 2.24) is 10.1 Å². The van der Waals surface area contributed by atoms with Gasteiger partial charge in [-0.3, -0.25) is 0 Å². The third-order valence-corrected chi connectivity index (χ3v) is 3.06. The van der Waals surface area contributed by atoms with Crippen LogP contribution in [0.2, 0.25) is 0 Å². The molecule has 1 aliphatic heterocycles. The summed E-state index contributed by atoms with van der Waals surface area (Å²) in [6.07, 6.45) is -0.359. The molecule has 1 unspecified atom stereocenters. The molecule has 0 aromatic carbocycles. The Balaban J connectivity index is 2.30. The highest BCUT2D eigenvalue weighted by Crippen LogP contribution is 2.28. The summed E-state index contributed by atoms with van der Waals surface area (Å²) in [5.41, 5.74) is 0.600. The minimum absolute atomic E-state index is 0.155. The number of rotatable bonds is 1. The topological polar surface area (TPSA) is 69.8 Å². The Kier molecular flexibility index (Phi) is 3.06. The Morgan fingerprint density at radius 1 is 1.50 bits per heavy atom. The summed E-state index contributed by atoms with van der Waals surface area (Å²) in [7, 11) is 1.70. The lowest BCUT2D eigenvalue weighted by Crippen LogP contribution is -2.53. The minimum Gasteiger partial charge on any atom is -0.373 e. The first-order valence-corrected chi connectivity index (χ1v) is 6.00. The fourth-order valence-corrected chi connectivity index (χ4v) is 1.82. The van der Waals surface area contributed by atoms with Crippen LogP contribution >= 0.6 is 0 Å². The number of aromatic nitrogens is 1. The molecule has 100 valence electrons. The monoisotopic (exact) mass is 253 g/mol. The molecule has 0 aliphatic carbocycles. The number of nitrogens with zero attached hydrogens (tertiary/aromatic N) is 3. The fraction of sp³-hybridized carbons (Fsp3) is 0.667. The van der Waals surface area contributed by atoms with Gasteiger partial charge in [-0.15, -0.1) is 0 Å². The molecule has 1 aliphatic rings. The molecule has 6 heteroatoms. The Morgan fingerprint density at radius 2 is 2.17 bits per heavy atom. The van der Waals surface area contributed by atoms with Crippen molar-refractivity contribution >= 4 is 11.9 Å². The summed E-state index contributed by atoms with van der Waals surface area (Å²) >= 11 is 0. The van der Waals surface area contributed by atoms with E-state index < -0.39 is 6.23 Å². The van der Waals surface area contributed by atoms with Gasteiger partial charge < -0.3 is 14.5 Å². The molecule has 1 aromatic rings. The average molecular weight is 253 g/mol. The predicted molar refractivity (Wildman–Crippen MR) is 66.3 cm³/mol. The van der Waals surface area contributed by atoms with Crippen LogP contribution in [0.4, 0.5) is 10.7 Å². The molecule has 18 heavy (non-hydrogen) atoms. The number of aliphatic hydroxyl groups excluding tert-OH is 1. The Bertz CT molecular complexity index is 450. The highest BCUT2D eigenvalue weighted by Gasteiger charge is 2.34. The van der Waals surface area contributed by atoms with Crippen LogP contribution in [0.1, 0.15) is 32.9 Å². The number of aliphatic hydroxyl groups is 1. The van der Waals surface area contributed by atoms with Gasteiger partial charge in [0.1, 0.15) is 6.23 Å². The van der Waals surface area contributed by atoms with Gasteiger partial charge in [-0.25, -0.2) is 9.69 Å². The van der Waals surface area contributed by atoms with Gasteiger partial charge in [0.25, 0.3) is 0 Å². The van der Waals surface area contributed by atoms with Crippen LogP contribution in [0.15, 0.2) is 10.6 Å². The van der Waals surface area contributed by atoms with Crippen molar-refractivity contribution in [2.75, 3.05) is 18.5 Å². The maximum Gasteiger partial charge on any atom is 0.328 e. The third kappa shape index (κ3) is 2.20. The van der Waals surface area contributed by atoms with E-state index >= 15 is 0 Å². The van der Waals surface area contributed by atoms with Crippen LogP contribution in [0, 0.1) is 0 Å². The van der Waals surface area contributed by atoms with Gasteiger partial charge in [0.2, 0.25) is 5.88 Å². The number of urea groups is 1. The second-order valence-electron chi connectivity index (χ2n) is 5.64. The van der Waals surface area contributed by atoms with Gasteiger partial charge in [0.05, 0.1) is 5.69 Å². The molecule has 1 N–H and O–H groups in total. The zero-order valence-corrected chi connectivity index (χ0v) is 11.2. The van der Waals surface area contributed by atoms with E-state index in [0.717, 1.165) is 5.69 Å². The molecule has 2 amide bonds. The molecule has 1 saturated heterocycles. The summed E-state index contributed by atoms with van der Waals surface area (Å²) in [6.45, 7) is 6.57. The number of hydrogen-bond donors (Lipinski definition) is 1. The van der Waals surface area contributed by atoms with E-state index in [0.29, 0.717) is 18.8 Å². The second-order valence-corrected chi connectivity index (χ2v) is 5.64.